The summed E-state index contributed by atoms with van der Waals surface area (Å²) >= 11 is 0. The quantitative estimate of drug-likeness (QED) is 0.798. The van der Waals surface area contributed by atoms with E-state index in [0.717, 1.165) is 36.2 Å². The molecule has 0 bridgehead atoms. The van der Waals surface area contributed by atoms with Crippen LogP contribution in [0.4, 0.5) is 0 Å². The van der Waals surface area contributed by atoms with Crippen molar-refractivity contribution in [3.05, 3.63) is 54.0 Å². The van der Waals surface area contributed by atoms with Gasteiger partial charge in [-0.2, -0.15) is 0 Å². The lowest BCUT2D eigenvalue weighted by atomic mass is 9.97. The number of ether oxygens (including phenoxy) is 1. The summed E-state index contributed by atoms with van der Waals surface area (Å²) in [6, 6.07) is 11.5. The predicted octanol–water partition coefficient (Wildman–Crippen LogP) is 2.99. The molecule has 128 valence electrons. The van der Waals surface area contributed by atoms with Crippen molar-refractivity contribution in [2.75, 3.05) is 20.2 Å². The highest BCUT2D eigenvalue weighted by molar-refractivity contribution is 5.94. The van der Waals surface area contributed by atoms with E-state index in [-0.39, 0.29) is 11.8 Å². The van der Waals surface area contributed by atoms with Gasteiger partial charge in [-0.3, -0.25) is 4.79 Å². The molecule has 3 aromatic rings. The number of para-hydroxylation sites is 2. The molecule has 1 aliphatic heterocycles. The maximum atomic E-state index is 12.8. The molecule has 6 nitrogen and oxygen atoms in total. The molecule has 4 rings (SSSR count). The van der Waals surface area contributed by atoms with Crippen molar-refractivity contribution in [2.24, 2.45) is 0 Å². The molecule has 1 saturated heterocycles. The minimum atomic E-state index is 0.0102. The average Bonchev–Trinajstić information content (AvgIpc) is 3.12. The number of aromatic nitrogens is 3. The Kier molecular flexibility index (Phi) is 4.09. The van der Waals surface area contributed by atoms with Crippen LogP contribution < -0.4 is 4.74 Å². The second-order valence-electron chi connectivity index (χ2n) is 6.32. The summed E-state index contributed by atoms with van der Waals surface area (Å²) in [4.78, 5) is 26.9. The van der Waals surface area contributed by atoms with Gasteiger partial charge in [0.2, 0.25) is 5.88 Å². The summed E-state index contributed by atoms with van der Waals surface area (Å²) in [7, 11) is 1.56. The van der Waals surface area contributed by atoms with Crippen LogP contribution in [-0.4, -0.2) is 46.0 Å². The molecule has 1 aromatic carbocycles. The maximum Gasteiger partial charge on any atom is 0.255 e. The molecule has 0 radical (unpaired) electrons. The SMILES string of the molecule is COc1ccc(C(=O)N2CCCC(c3nc4ccccc4[nH]3)C2)cn1. The summed E-state index contributed by atoms with van der Waals surface area (Å²) in [5.74, 6) is 1.72. The van der Waals surface area contributed by atoms with Crippen LogP contribution in [0.2, 0.25) is 0 Å². The van der Waals surface area contributed by atoms with Crippen LogP contribution in [0.3, 0.4) is 0 Å². The number of fused-ring (bicyclic) bond motifs is 1. The van der Waals surface area contributed by atoms with Crippen molar-refractivity contribution in [3.8, 4) is 5.88 Å². The summed E-state index contributed by atoms with van der Waals surface area (Å²) < 4.78 is 5.05. The van der Waals surface area contributed by atoms with Crippen LogP contribution in [0.25, 0.3) is 11.0 Å². The van der Waals surface area contributed by atoms with Crippen molar-refractivity contribution in [3.63, 3.8) is 0 Å². The van der Waals surface area contributed by atoms with Crippen LogP contribution in [0.1, 0.15) is 34.9 Å². The lowest BCUT2D eigenvalue weighted by Gasteiger charge is -2.31. The first-order valence-electron chi connectivity index (χ1n) is 8.48. The lowest BCUT2D eigenvalue weighted by Crippen LogP contribution is -2.39. The van der Waals surface area contributed by atoms with Gasteiger partial charge in [-0.05, 0) is 31.0 Å². The molecular formula is C19H20N4O2. The molecule has 0 spiro atoms. The fourth-order valence-corrected chi connectivity index (χ4v) is 3.36. The molecule has 2 aromatic heterocycles. The van der Waals surface area contributed by atoms with Gasteiger partial charge >= 0.3 is 0 Å². The van der Waals surface area contributed by atoms with E-state index in [1.54, 1.807) is 25.4 Å². The van der Waals surface area contributed by atoms with Crippen LogP contribution in [0.5, 0.6) is 5.88 Å². The van der Waals surface area contributed by atoms with E-state index in [4.69, 9.17) is 9.72 Å². The minimum absolute atomic E-state index is 0.0102. The average molecular weight is 336 g/mol. The number of methoxy groups -OCH3 is 1. The Bertz CT molecular complexity index is 855. The Labute approximate surface area is 145 Å². The molecule has 6 heteroatoms. The lowest BCUT2D eigenvalue weighted by molar-refractivity contribution is 0.0704. The molecule has 1 aliphatic rings. The van der Waals surface area contributed by atoms with E-state index in [2.05, 4.69) is 9.97 Å². The first-order chi connectivity index (χ1) is 12.2. The summed E-state index contributed by atoms with van der Waals surface area (Å²) in [5, 5.41) is 0. The number of nitrogens with one attached hydrogen (secondary N) is 1. The highest BCUT2D eigenvalue weighted by Crippen LogP contribution is 2.27. The highest BCUT2D eigenvalue weighted by atomic mass is 16.5. The first-order valence-corrected chi connectivity index (χ1v) is 8.48. The third-order valence-corrected chi connectivity index (χ3v) is 4.70. The minimum Gasteiger partial charge on any atom is -0.481 e. The Morgan fingerprint density at radius 2 is 2.16 bits per heavy atom. The number of imidazole rings is 1. The Balaban J connectivity index is 1.52. The maximum absolute atomic E-state index is 12.8. The molecular weight excluding hydrogens is 316 g/mol. The normalized spacial score (nSPS) is 17.6. The number of hydrogen-bond donors (Lipinski definition) is 1. The number of benzene rings is 1. The van der Waals surface area contributed by atoms with Crippen molar-refractivity contribution < 1.29 is 9.53 Å². The number of carbonyl (C=O) groups excluding carboxylic acids is 1. The fourth-order valence-electron chi connectivity index (χ4n) is 3.36. The molecule has 1 fully saturated rings. The number of likely N-dealkylation sites (tertiary alicyclic amines) is 1. The highest BCUT2D eigenvalue weighted by Gasteiger charge is 2.27. The Morgan fingerprint density at radius 3 is 2.92 bits per heavy atom. The van der Waals surface area contributed by atoms with E-state index in [0.29, 0.717) is 18.0 Å². The number of rotatable bonds is 3. The van der Waals surface area contributed by atoms with Crippen molar-refractivity contribution in [1.29, 1.82) is 0 Å². The summed E-state index contributed by atoms with van der Waals surface area (Å²) in [6.45, 7) is 1.44. The Hall–Kier alpha value is -2.89. The van der Waals surface area contributed by atoms with E-state index < -0.39 is 0 Å². The van der Waals surface area contributed by atoms with Crippen LogP contribution >= 0.6 is 0 Å². The van der Waals surface area contributed by atoms with Gasteiger partial charge in [-0.25, -0.2) is 9.97 Å². The van der Waals surface area contributed by atoms with Crippen molar-refractivity contribution in [2.45, 2.75) is 18.8 Å². The van der Waals surface area contributed by atoms with Crippen molar-refractivity contribution >= 4 is 16.9 Å². The zero-order chi connectivity index (χ0) is 17.2. The van der Waals surface area contributed by atoms with Crippen molar-refractivity contribution in [1.82, 2.24) is 19.9 Å². The number of piperidine rings is 1. The third-order valence-electron chi connectivity index (χ3n) is 4.70. The zero-order valence-corrected chi connectivity index (χ0v) is 14.1. The number of H-pyrrole nitrogens is 1. The number of hydrogen-bond acceptors (Lipinski definition) is 4. The van der Waals surface area contributed by atoms with Crippen LogP contribution in [0.15, 0.2) is 42.6 Å². The number of nitrogens with zero attached hydrogens (tertiary/aromatic N) is 3. The molecule has 3 heterocycles. The third kappa shape index (κ3) is 3.07. The molecule has 25 heavy (non-hydrogen) atoms. The van der Waals surface area contributed by atoms with Gasteiger partial charge in [0, 0.05) is 31.3 Å². The number of amides is 1. The Morgan fingerprint density at radius 1 is 1.28 bits per heavy atom. The number of pyridine rings is 1. The van der Waals surface area contributed by atoms with E-state index in [1.165, 1.54) is 0 Å². The van der Waals surface area contributed by atoms with Gasteiger partial charge in [0.15, 0.2) is 0 Å². The fraction of sp³-hybridized carbons (Fsp3) is 0.316. The second kappa shape index (κ2) is 6.55. The van der Waals surface area contributed by atoms with Crippen LogP contribution in [-0.2, 0) is 0 Å². The molecule has 1 N–H and O–H groups in total. The second-order valence-corrected chi connectivity index (χ2v) is 6.32. The number of carbonyl (C=O) groups is 1. The molecule has 1 atom stereocenters. The standard InChI is InChI=1S/C19H20N4O2/c1-25-17-9-8-13(11-20-17)19(24)23-10-4-5-14(12-23)18-21-15-6-2-3-7-16(15)22-18/h2-3,6-9,11,14H,4-5,10,12H2,1H3,(H,21,22). The zero-order valence-electron chi connectivity index (χ0n) is 14.1. The molecule has 1 amide bonds. The monoisotopic (exact) mass is 336 g/mol. The van der Waals surface area contributed by atoms with Gasteiger partial charge in [0.1, 0.15) is 5.82 Å². The predicted molar refractivity (Wildman–Crippen MR) is 94.8 cm³/mol. The van der Waals surface area contributed by atoms with Gasteiger partial charge in [0.25, 0.3) is 5.91 Å². The van der Waals surface area contributed by atoms with Gasteiger partial charge in [0.05, 0.1) is 23.7 Å². The summed E-state index contributed by atoms with van der Waals surface area (Å²) in [6.07, 6.45) is 3.58. The van der Waals surface area contributed by atoms with Gasteiger partial charge < -0.3 is 14.6 Å². The smallest absolute Gasteiger partial charge is 0.255 e. The molecule has 1 unspecified atom stereocenters. The van der Waals surface area contributed by atoms with E-state index in [1.807, 2.05) is 29.2 Å². The van der Waals surface area contributed by atoms with E-state index in [9.17, 15) is 4.79 Å². The van der Waals surface area contributed by atoms with Gasteiger partial charge in [-0.1, -0.05) is 12.1 Å². The topological polar surface area (TPSA) is 71.1 Å². The molecule has 0 aliphatic carbocycles. The van der Waals surface area contributed by atoms with E-state index >= 15 is 0 Å². The first kappa shape index (κ1) is 15.6. The number of aromatic amines is 1. The molecule has 0 saturated carbocycles. The van der Waals surface area contributed by atoms with Crippen LogP contribution in [0, 0.1) is 0 Å². The van der Waals surface area contributed by atoms with Gasteiger partial charge in [-0.15, -0.1) is 0 Å². The largest absolute Gasteiger partial charge is 0.481 e. The summed E-state index contributed by atoms with van der Waals surface area (Å²) in [5.41, 5.74) is 2.60.